The molecular formula is C18H23NO4S. The first-order valence-corrected chi connectivity index (χ1v) is 9.44. The molecule has 0 aliphatic rings. The van der Waals surface area contributed by atoms with Crippen molar-refractivity contribution in [3.63, 3.8) is 0 Å². The highest BCUT2D eigenvalue weighted by molar-refractivity contribution is 7.89. The van der Waals surface area contributed by atoms with Crippen LogP contribution >= 0.6 is 0 Å². The highest BCUT2D eigenvalue weighted by Gasteiger charge is 2.20. The lowest BCUT2D eigenvalue weighted by atomic mass is 10.2. The Morgan fingerprint density at radius 2 is 1.58 bits per heavy atom. The molecule has 0 unspecified atom stereocenters. The van der Waals surface area contributed by atoms with Crippen LogP contribution in [-0.4, -0.2) is 38.7 Å². The van der Waals surface area contributed by atoms with E-state index < -0.39 is 10.0 Å². The van der Waals surface area contributed by atoms with E-state index >= 15 is 0 Å². The molecule has 0 saturated heterocycles. The summed E-state index contributed by atoms with van der Waals surface area (Å²) in [5.41, 5.74) is 0.971. The summed E-state index contributed by atoms with van der Waals surface area (Å²) < 4.78 is 37.0. The van der Waals surface area contributed by atoms with Crippen molar-refractivity contribution in [2.45, 2.75) is 13.5 Å². The van der Waals surface area contributed by atoms with Crippen LogP contribution in [0.4, 0.5) is 0 Å². The van der Waals surface area contributed by atoms with Crippen molar-refractivity contribution in [2.75, 3.05) is 26.0 Å². The fraction of sp³-hybridized carbons (Fsp3) is 0.333. The predicted octanol–water partition coefficient (Wildman–Crippen LogP) is 2.93. The van der Waals surface area contributed by atoms with Crippen molar-refractivity contribution < 1.29 is 17.9 Å². The number of ether oxygens (including phenoxy) is 2. The van der Waals surface area contributed by atoms with Crippen molar-refractivity contribution in [2.24, 2.45) is 0 Å². The minimum Gasteiger partial charge on any atom is -0.497 e. The van der Waals surface area contributed by atoms with Crippen molar-refractivity contribution in [1.82, 2.24) is 4.31 Å². The maximum Gasteiger partial charge on any atom is 0.217 e. The van der Waals surface area contributed by atoms with Gasteiger partial charge in [-0.1, -0.05) is 37.3 Å². The van der Waals surface area contributed by atoms with Gasteiger partial charge in [0.25, 0.3) is 0 Å². The summed E-state index contributed by atoms with van der Waals surface area (Å²) in [6, 6.07) is 16.6. The first-order valence-electron chi connectivity index (χ1n) is 7.83. The Morgan fingerprint density at radius 1 is 0.958 bits per heavy atom. The van der Waals surface area contributed by atoms with E-state index in [0.717, 1.165) is 11.3 Å². The molecule has 0 radical (unpaired) electrons. The average Bonchev–Trinajstić information content (AvgIpc) is 2.61. The summed E-state index contributed by atoms with van der Waals surface area (Å²) in [6.07, 6.45) is 0. The van der Waals surface area contributed by atoms with E-state index in [2.05, 4.69) is 0 Å². The van der Waals surface area contributed by atoms with Crippen LogP contribution in [-0.2, 0) is 16.6 Å². The van der Waals surface area contributed by atoms with E-state index in [-0.39, 0.29) is 12.4 Å². The molecule has 0 aliphatic carbocycles. The lowest BCUT2D eigenvalue weighted by Crippen LogP contribution is -2.34. The van der Waals surface area contributed by atoms with Gasteiger partial charge in [-0.25, -0.2) is 8.42 Å². The lowest BCUT2D eigenvalue weighted by molar-refractivity contribution is 0.333. The highest BCUT2D eigenvalue weighted by Crippen LogP contribution is 2.17. The van der Waals surface area contributed by atoms with Gasteiger partial charge in [0.2, 0.25) is 10.0 Å². The normalized spacial score (nSPS) is 11.5. The van der Waals surface area contributed by atoms with Crippen molar-refractivity contribution in [3.05, 3.63) is 60.2 Å². The first-order chi connectivity index (χ1) is 11.5. The van der Waals surface area contributed by atoms with Crippen molar-refractivity contribution in [3.8, 4) is 11.5 Å². The molecule has 0 atom stereocenters. The Hall–Kier alpha value is -2.05. The lowest BCUT2D eigenvalue weighted by Gasteiger charge is -2.20. The second kappa shape index (κ2) is 8.70. The fourth-order valence-electron chi connectivity index (χ4n) is 2.26. The molecule has 0 bridgehead atoms. The molecule has 0 saturated carbocycles. The van der Waals surface area contributed by atoms with Crippen LogP contribution in [0.5, 0.6) is 11.5 Å². The number of nitrogens with zero attached hydrogens (tertiary/aromatic N) is 1. The molecule has 0 heterocycles. The maximum absolute atomic E-state index is 12.5. The molecule has 6 heteroatoms. The Kier molecular flexibility index (Phi) is 6.63. The van der Waals surface area contributed by atoms with Crippen LogP contribution in [0.15, 0.2) is 54.6 Å². The summed E-state index contributed by atoms with van der Waals surface area (Å²) in [7, 11) is -1.78. The Labute approximate surface area is 143 Å². The van der Waals surface area contributed by atoms with Crippen LogP contribution in [0.1, 0.15) is 12.5 Å². The Balaban J connectivity index is 1.90. The summed E-state index contributed by atoms with van der Waals surface area (Å²) in [6.45, 7) is 2.76. The number of sulfonamides is 1. The number of hydrogen-bond acceptors (Lipinski definition) is 4. The van der Waals surface area contributed by atoms with Gasteiger partial charge in [-0.15, -0.1) is 0 Å². The summed E-state index contributed by atoms with van der Waals surface area (Å²) in [4.78, 5) is 0. The van der Waals surface area contributed by atoms with Crippen molar-refractivity contribution in [1.29, 1.82) is 0 Å². The Morgan fingerprint density at radius 3 is 2.17 bits per heavy atom. The average molecular weight is 349 g/mol. The third-order valence-corrected chi connectivity index (χ3v) is 5.47. The third kappa shape index (κ3) is 5.25. The van der Waals surface area contributed by atoms with Gasteiger partial charge >= 0.3 is 0 Å². The smallest absolute Gasteiger partial charge is 0.217 e. The van der Waals surface area contributed by atoms with Gasteiger partial charge in [-0.3, -0.25) is 0 Å². The molecule has 0 amide bonds. The van der Waals surface area contributed by atoms with Crippen molar-refractivity contribution >= 4 is 10.0 Å². The van der Waals surface area contributed by atoms with E-state index in [9.17, 15) is 8.42 Å². The minimum absolute atomic E-state index is 0.0559. The number of benzene rings is 2. The van der Waals surface area contributed by atoms with Crippen LogP contribution in [0, 0.1) is 0 Å². The number of methoxy groups -OCH3 is 1. The van der Waals surface area contributed by atoms with E-state index in [4.69, 9.17) is 9.47 Å². The monoisotopic (exact) mass is 349 g/mol. The SMILES string of the molecule is CCN(Cc1ccccc1)S(=O)(=O)CCOc1ccc(OC)cc1. The molecule has 5 nitrogen and oxygen atoms in total. The predicted molar refractivity (Wildman–Crippen MR) is 94.8 cm³/mol. The quantitative estimate of drug-likeness (QED) is 0.698. The van der Waals surface area contributed by atoms with Gasteiger partial charge in [-0.2, -0.15) is 4.31 Å². The summed E-state index contributed by atoms with van der Waals surface area (Å²) in [5.74, 6) is 1.30. The molecule has 2 rings (SSSR count). The van der Waals surface area contributed by atoms with E-state index in [1.54, 1.807) is 31.4 Å². The van der Waals surface area contributed by atoms with Crippen LogP contribution in [0.3, 0.4) is 0 Å². The van der Waals surface area contributed by atoms with Crippen LogP contribution < -0.4 is 9.47 Å². The van der Waals surface area contributed by atoms with Gasteiger partial charge in [0.1, 0.15) is 18.1 Å². The maximum atomic E-state index is 12.5. The number of rotatable bonds is 9. The van der Waals surface area contributed by atoms with Gasteiger partial charge in [-0.05, 0) is 29.8 Å². The van der Waals surface area contributed by atoms with E-state index in [1.807, 2.05) is 37.3 Å². The standard InChI is InChI=1S/C18H23NO4S/c1-3-19(15-16-7-5-4-6-8-16)24(20,21)14-13-23-18-11-9-17(22-2)10-12-18/h4-12H,3,13-15H2,1-2H3. The zero-order valence-electron chi connectivity index (χ0n) is 14.0. The molecular weight excluding hydrogens is 326 g/mol. The second-order valence-corrected chi connectivity index (χ2v) is 7.34. The molecule has 0 spiro atoms. The molecule has 0 aromatic heterocycles. The van der Waals surface area contributed by atoms with Gasteiger partial charge < -0.3 is 9.47 Å². The van der Waals surface area contributed by atoms with E-state index in [0.29, 0.717) is 18.8 Å². The molecule has 2 aromatic rings. The zero-order valence-corrected chi connectivity index (χ0v) is 14.8. The van der Waals surface area contributed by atoms with Crippen LogP contribution in [0.25, 0.3) is 0 Å². The minimum atomic E-state index is -3.37. The summed E-state index contributed by atoms with van der Waals surface area (Å²) in [5, 5.41) is 0. The topological polar surface area (TPSA) is 55.8 Å². The molecule has 24 heavy (non-hydrogen) atoms. The third-order valence-electron chi connectivity index (χ3n) is 3.62. The molecule has 130 valence electrons. The fourth-order valence-corrected chi connectivity index (χ4v) is 3.55. The molecule has 0 fully saturated rings. The molecule has 2 aromatic carbocycles. The zero-order chi connectivity index (χ0) is 17.4. The van der Waals surface area contributed by atoms with Crippen LogP contribution in [0.2, 0.25) is 0 Å². The first kappa shape index (κ1) is 18.3. The Bertz CT molecular complexity index is 714. The largest absolute Gasteiger partial charge is 0.497 e. The molecule has 0 aliphatic heterocycles. The van der Waals surface area contributed by atoms with Gasteiger partial charge in [0, 0.05) is 13.1 Å². The number of hydrogen-bond donors (Lipinski definition) is 0. The van der Waals surface area contributed by atoms with E-state index in [1.165, 1.54) is 4.31 Å². The highest BCUT2D eigenvalue weighted by atomic mass is 32.2. The second-order valence-electron chi connectivity index (χ2n) is 5.25. The summed E-state index contributed by atoms with van der Waals surface area (Å²) >= 11 is 0. The van der Waals surface area contributed by atoms with Gasteiger partial charge in [0.05, 0.1) is 12.9 Å². The van der Waals surface area contributed by atoms with Gasteiger partial charge in [0.15, 0.2) is 0 Å². The molecule has 0 N–H and O–H groups in total.